The van der Waals surface area contributed by atoms with E-state index in [1.807, 2.05) is 0 Å². The molecule has 0 radical (unpaired) electrons. The topological polar surface area (TPSA) is 21.3 Å². The number of rotatable bonds is 2. The molecule has 88 valence electrons. The van der Waals surface area contributed by atoms with Crippen LogP contribution in [0.5, 0.6) is 5.75 Å². The van der Waals surface area contributed by atoms with E-state index in [1.54, 1.807) is 12.1 Å². The number of alkyl halides is 3. The molecule has 1 fully saturated rings. The monoisotopic (exact) mass is 231 g/mol. The Hall–Kier alpha value is -1.23. The first-order valence-corrected chi connectivity index (χ1v) is 5.14. The van der Waals surface area contributed by atoms with E-state index >= 15 is 0 Å². The minimum absolute atomic E-state index is 0.172. The molecule has 2 rings (SSSR count). The van der Waals surface area contributed by atoms with Crippen LogP contribution < -0.4 is 10.1 Å². The molecule has 0 amide bonds. The van der Waals surface area contributed by atoms with Gasteiger partial charge in [-0.15, -0.1) is 13.2 Å². The smallest absolute Gasteiger partial charge is 0.406 e. The van der Waals surface area contributed by atoms with Crippen LogP contribution in [0.3, 0.4) is 0 Å². The van der Waals surface area contributed by atoms with Crippen molar-refractivity contribution in [3.63, 3.8) is 0 Å². The molecule has 0 aliphatic carbocycles. The minimum Gasteiger partial charge on any atom is -0.406 e. The molecule has 0 bridgehead atoms. The Balaban J connectivity index is 2.04. The van der Waals surface area contributed by atoms with Gasteiger partial charge in [-0.1, -0.05) is 12.1 Å². The van der Waals surface area contributed by atoms with Crippen molar-refractivity contribution in [1.82, 2.24) is 5.32 Å². The van der Waals surface area contributed by atoms with Crippen molar-refractivity contribution >= 4 is 0 Å². The summed E-state index contributed by atoms with van der Waals surface area (Å²) >= 11 is 0. The predicted octanol–water partition coefficient (Wildman–Crippen LogP) is 3.01. The van der Waals surface area contributed by atoms with Gasteiger partial charge in [-0.2, -0.15) is 0 Å². The fourth-order valence-electron chi connectivity index (χ4n) is 1.87. The third kappa shape index (κ3) is 2.88. The number of benzene rings is 1. The number of nitrogens with one attached hydrogen (secondary N) is 1. The first-order chi connectivity index (χ1) is 7.54. The summed E-state index contributed by atoms with van der Waals surface area (Å²) in [4.78, 5) is 0. The highest BCUT2D eigenvalue weighted by atomic mass is 19.4. The number of halogens is 3. The summed E-state index contributed by atoms with van der Waals surface area (Å²) in [5, 5.41) is 3.28. The molecular formula is C11H12F3NO. The van der Waals surface area contributed by atoms with Crippen molar-refractivity contribution in [3.8, 4) is 5.75 Å². The summed E-state index contributed by atoms with van der Waals surface area (Å²) in [7, 11) is 0. The van der Waals surface area contributed by atoms with E-state index < -0.39 is 6.36 Å². The summed E-state index contributed by atoms with van der Waals surface area (Å²) in [6.07, 6.45) is -2.49. The van der Waals surface area contributed by atoms with E-state index in [4.69, 9.17) is 0 Å². The quantitative estimate of drug-likeness (QED) is 0.844. The van der Waals surface area contributed by atoms with Crippen molar-refractivity contribution in [2.45, 2.75) is 25.2 Å². The number of hydrogen-bond acceptors (Lipinski definition) is 2. The molecule has 16 heavy (non-hydrogen) atoms. The van der Waals surface area contributed by atoms with Crippen LogP contribution in [0.15, 0.2) is 24.3 Å². The third-order valence-corrected chi connectivity index (χ3v) is 2.58. The van der Waals surface area contributed by atoms with Gasteiger partial charge in [0, 0.05) is 6.04 Å². The molecule has 1 aliphatic rings. The standard InChI is InChI=1S/C11H12F3NO/c12-11(13,14)16-9-5-3-8(4-6-9)10-2-1-7-15-10/h3-6,10,15H,1-2,7H2/t10-/m0/s1. The van der Waals surface area contributed by atoms with Gasteiger partial charge >= 0.3 is 6.36 Å². The Kier molecular flexibility index (Phi) is 3.05. The average molecular weight is 231 g/mol. The highest BCUT2D eigenvalue weighted by molar-refractivity contribution is 5.29. The van der Waals surface area contributed by atoms with Gasteiger partial charge in [0.1, 0.15) is 5.75 Å². The van der Waals surface area contributed by atoms with E-state index in [0.29, 0.717) is 0 Å². The molecule has 1 aromatic rings. The van der Waals surface area contributed by atoms with Crippen molar-refractivity contribution < 1.29 is 17.9 Å². The summed E-state index contributed by atoms with van der Waals surface area (Å²) in [6.45, 7) is 0.964. The van der Waals surface area contributed by atoms with E-state index in [1.165, 1.54) is 12.1 Å². The zero-order chi connectivity index (χ0) is 11.6. The van der Waals surface area contributed by atoms with Crippen LogP contribution in [-0.2, 0) is 0 Å². The van der Waals surface area contributed by atoms with Crippen LogP contribution in [0.4, 0.5) is 13.2 Å². The lowest BCUT2D eigenvalue weighted by Crippen LogP contribution is -2.17. The lowest BCUT2D eigenvalue weighted by molar-refractivity contribution is -0.274. The van der Waals surface area contributed by atoms with E-state index in [9.17, 15) is 13.2 Å². The fourth-order valence-corrected chi connectivity index (χ4v) is 1.87. The van der Waals surface area contributed by atoms with Crippen LogP contribution in [-0.4, -0.2) is 12.9 Å². The Labute approximate surface area is 91.4 Å². The van der Waals surface area contributed by atoms with Crippen molar-refractivity contribution in [2.24, 2.45) is 0 Å². The Morgan fingerprint density at radius 3 is 2.38 bits per heavy atom. The largest absolute Gasteiger partial charge is 0.573 e. The normalized spacial score (nSPS) is 21.1. The van der Waals surface area contributed by atoms with E-state index in [-0.39, 0.29) is 11.8 Å². The zero-order valence-corrected chi connectivity index (χ0v) is 8.55. The summed E-state index contributed by atoms with van der Waals surface area (Å²) in [5.41, 5.74) is 1.01. The molecule has 0 unspecified atom stereocenters. The van der Waals surface area contributed by atoms with Crippen molar-refractivity contribution in [1.29, 1.82) is 0 Å². The number of ether oxygens (including phenoxy) is 1. The van der Waals surface area contributed by atoms with Gasteiger partial charge in [0.2, 0.25) is 0 Å². The van der Waals surface area contributed by atoms with Crippen LogP contribution >= 0.6 is 0 Å². The molecule has 1 aromatic carbocycles. The molecule has 1 atom stereocenters. The van der Waals surface area contributed by atoms with Gasteiger partial charge in [0.25, 0.3) is 0 Å². The molecule has 5 heteroatoms. The molecule has 0 saturated carbocycles. The summed E-state index contributed by atoms with van der Waals surface area (Å²) in [5.74, 6) is -0.172. The third-order valence-electron chi connectivity index (χ3n) is 2.58. The SMILES string of the molecule is FC(F)(F)Oc1ccc([C@@H]2CCCN2)cc1. The van der Waals surface area contributed by atoms with Crippen molar-refractivity contribution in [2.75, 3.05) is 6.54 Å². The van der Waals surface area contributed by atoms with Gasteiger partial charge in [-0.25, -0.2) is 0 Å². The molecule has 1 saturated heterocycles. The lowest BCUT2D eigenvalue weighted by Gasteiger charge is -2.12. The predicted molar refractivity (Wildman–Crippen MR) is 53.1 cm³/mol. The van der Waals surface area contributed by atoms with E-state index in [0.717, 1.165) is 24.9 Å². The Bertz CT molecular complexity index is 341. The summed E-state index contributed by atoms with van der Waals surface area (Å²) < 4.78 is 39.5. The average Bonchev–Trinajstić information content (AvgIpc) is 2.69. The Morgan fingerprint density at radius 2 is 1.88 bits per heavy atom. The minimum atomic E-state index is -4.62. The second kappa shape index (κ2) is 4.33. The maximum Gasteiger partial charge on any atom is 0.573 e. The van der Waals surface area contributed by atoms with E-state index in [2.05, 4.69) is 10.1 Å². The summed E-state index contributed by atoms with van der Waals surface area (Å²) in [6, 6.07) is 6.31. The lowest BCUT2D eigenvalue weighted by atomic mass is 10.1. The maximum absolute atomic E-state index is 11.9. The van der Waals surface area contributed by atoms with Gasteiger partial charge in [-0.05, 0) is 37.1 Å². The van der Waals surface area contributed by atoms with Crippen LogP contribution in [0, 0.1) is 0 Å². The highest BCUT2D eigenvalue weighted by Gasteiger charge is 2.31. The number of hydrogen-bond donors (Lipinski definition) is 1. The zero-order valence-electron chi connectivity index (χ0n) is 8.55. The van der Waals surface area contributed by atoms with Gasteiger partial charge in [0.15, 0.2) is 0 Å². The molecule has 0 aromatic heterocycles. The van der Waals surface area contributed by atoms with Crippen molar-refractivity contribution in [3.05, 3.63) is 29.8 Å². The maximum atomic E-state index is 11.9. The van der Waals surface area contributed by atoms with Gasteiger partial charge in [-0.3, -0.25) is 0 Å². The first kappa shape index (κ1) is 11.3. The second-order valence-electron chi connectivity index (χ2n) is 3.77. The molecule has 0 spiro atoms. The second-order valence-corrected chi connectivity index (χ2v) is 3.77. The van der Waals surface area contributed by atoms with Crippen LogP contribution in [0.1, 0.15) is 24.4 Å². The molecule has 1 aliphatic heterocycles. The molecule has 1 heterocycles. The molecular weight excluding hydrogens is 219 g/mol. The highest BCUT2D eigenvalue weighted by Crippen LogP contribution is 2.27. The fraction of sp³-hybridized carbons (Fsp3) is 0.455. The first-order valence-electron chi connectivity index (χ1n) is 5.14. The Morgan fingerprint density at radius 1 is 1.19 bits per heavy atom. The molecule has 1 N–H and O–H groups in total. The van der Waals surface area contributed by atoms with Crippen LogP contribution in [0.2, 0.25) is 0 Å². The van der Waals surface area contributed by atoms with Crippen LogP contribution in [0.25, 0.3) is 0 Å². The van der Waals surface area contributed by atoms with Gasteiger partial charge in [0.05, 0.1) is 0 Å². The van der Waals surface area contributed by atoms with Gasteiger partial charge < -0.3 is 10.1 Å². The molecule has 2 nitrogen and oxygen atoms in total.